The number of carbonyl (C=O) groups excluding carboxylic acids is 1. The Balaban J connectivity index is 2.43. The molecule has 6 atom stereocenters. The number of unbranched alkanes of at least 4 members (excludes halogenated alkanes) is 10. The zero-order valence-electron chi connectivity index (χ0n) is 27.2. The molecule has 1 rings (SSSR count). The molecule has 0 aromatic rings. The first kappa shape index (κ1) is 41.6. The summed E-state index contributed by atoms with van der Waals surface area (Å²) in [5.41, 5.74) is 0. The van der Waals surface area contributed by atoms with Gasteiger partial charge in [-0.15, -0.1) is 0 Å². The van der Waals surface area contributed by atoms with E-state index in [0.29, 0.717) is 13.0 Å². The lowest BCUT2D eigenvalue weighted by atomic mass is 9.99. The second kappa shape index (κ2) is 25.6. The van der Waals surface area contributed by atoms with Crippen LogP contribution in [-0.4, -0.2) is 97.5 Å². The minimum Gasteiger partial charge on any atom is -0.457 e. The van der Waals surface area contributed by atoms with E-state index in [0.717, 1.165) is 57.8 Å². The van der Waals surface area contributed by atoms with Gasteiger partial charge >= 0.3 is 16.4 Å². The van der Waals surface area contributed by atoms with Crippen molar-refractivity contribution in [3.63, 3.8) is 0 Å². The Morgan fingerprint density at radius 1 is 0.844 bits per heavy atom. The van der Waals surface area contributed by atoms with Crippen LogP contribution in [0.4, 0.5) is 0 Å². The molecule has 0 aromatic heterocycles. The molecule has 0 bridgehead atoms. The summed E-state index contributed by atoms with van der Waals surface area (Å²) < 4.78 is 58.1. The monoisotopic (exact) mass is 666 g/mol. The van der Waals surface area contributed by atoms with Gasteiger partial charge in [0.15, 0.2) is 6.29 Å². The van der Waals surface area contributed by atoms with E-state index in [1.54, 1.807) is 0 Å². The fourth-order valence-electron chi connectivity index (χ4n) is 4.74. The number of hydrogen-bond donors (Lipinski definition) is 4. The van der Waals surface area contributed by atoms with Crippen molar-refractivity contribution >= 4 is 16.4 Å². The number of rotatable bonds is 27. The molecule has 0 spiro atoms. The Morgan fingerprint density at radius 3 is 2.13 bits per heavy atom. The summed E-state index contributed by atoms with van der Waals surface area (Å²) in [4.78, 5) is 12.4. The van der Waals surface area contributed by atoms with Crippen LogP contribution >= 0.6 is 0 Å². The Bertz CT molecular complexity index is 910. The fourth-order valence-corrected chi connectivity index (χ4v) is 5.25. The largest absolute Gasteiger partial charge is 0.457 e. The molecule has 1 aliphatic heterocycles. The number of allylic oxidation sites excluding steroid dienone is 4. The topological polar surface area (TPSA) is 178 Å². The fraction of sp³-hybridized carbons (Fsp3) is 0.844. The number of aliphatic hydroxyl groups is 3. The molecule has 1 aliphatic rings. The number of hydrogen-bond acceptors (Lipinski definition) is 11. The van der Waals surface area contributed by atoms with Crippen LogP contribution in [0.2, 0.25) is 0 Å². The highest BCUT2D eigenvalue weighted by Crippen LogP contribution is 2.26. The van der Waals surface area contributed by atoms with Gasteiger partial charge in [-0.25, -0.2) is 4.18 Å². The van der Waals surface area contributed by atoms with Crippen LogP contribution < -0.4 is 0 Å². The number of carbonyl (C=O) groups is 1. The summed E-state index contributed by atoms with van der Waals surface area (Å²) in [6.07, 6.45) is 14.7. The molecule has 1 saturated heterocycles. The Labute approximate surface area is 270 Å². The maximum Gasteiger partial charge on any atom is 0.397 e. The molecule has 12 nitrogen and oxygen atoms in total. The summed E-state index contributed by atoms with van der Waals surface area (Å²) >= 11 is 0. The van der Waals surface area contributed by atoms with Crippen molar-refractivity contribution < 1.29 is 56.2 Å². The van der Waals surface area contributed by atoms with E-state index in [1.807, 2.05) is 6.92 Å². The third kappa shape index (κ3) is 20.4. The van der Waals surface area contributed by atoms with E-state index in [1.165, 1.54) is 25.7 Å². The van der Waals surface area contributed by atoms with Crippen molar-refractivity contribution in [3.05, 3.63) is 24.3 Å². The van der Waals surface area contributed by atoms with Crippen LogP contribution in [0.1, 0.15) is 110 Å². The third-order valence-corrected chi connectivity index (χ3v) is 7.79. The highest BCUT2D eigenvalue weighted by molar-refractivity contribution is 7.80. The molecule has 0 amide bonds. The molecule has 0 aliphatic carbocycles. The van der Waals surface area contributed by atoms with Gasteiger partial charge < -0.3 is 34.3 Å². The highest BCUT2D eigenvalue weighted by atomic mass is 32.3. The molecule has 0 saturated carbocycles. The standard InChI is InChI=1S/C32H58O12S/c1-3-5-7-8-9-10-11-12-13-14-15-16-17-18-20-22-40-24-26(42-28(34)21-19-6-4-2)25-41-32-30(36)31(44-45(37,38)39)29(35)27(23-33)43-32/h8-9,11-12,26-27,29-33,35-36H,3-7,10,13-25H2,1-2H3,(H,37,38,39)/b9-8-,12-11-. The maximum atomic E-state index is 12.4. The van der Waals surface area contributed by atoms with Crippen molar-refractivity contribution in [2.45, 2.75) is 147 Å². The first-order chi connectivity index (χ1) is 21.6. The number of esters is 1. The molecule has 264 valence electrons. The lowest BCUT2D eigenvalue weighted by molar-refractivity contribution is -0.301. The first-order valence-electron chi connectivity index (χ1n) is 16.6. The minimum absolute atomic E-state index is 0.0272. The van der Waals surface area contributed by atoms with Gasteiger partial charge in [-0.05, 0) is 38.5 Å². The molecular weight excluding hydrogens is 608 g/mol. The normalized spacial score (nSPS) is 23.2. The predicted molar refractivity (Wildman–Crippen MR) is 170 cm³/mol. The van der Waals surface area contributed by atoms with Crippen LogP contribution in [-0.2, 0) is 38.3 Å². The summed E-state index contributed by atoms with van der Waals surface area (Å²) in [5, 5.41) is 30.2. The quantitative estimate of drug-likeness (QED) is 0.0416. The Hall–Kier alpha value is -1.42. The van der Waals surface area contributed by atoms with Crippen molar-refractivity contribution in [2.75, 3.05) is 26.4 Å². The van der Waals surface area contributed by atoms with Gasteiger partial charge in [-0.3, -0.25) is 9.35 Å². The van der Waals surface area contributed by atoms with Crippen LogP contribution in [0, 0.1) is 0 Å². The van der Waals surface area contributed by atoms with Crippen LogP contribution in [0.5, 0.6) is 0 Å². The average Bonchev–Trinajstić information content (AvgIpc) is 2.99. The Kier molecular flexibility index (Phi) is 23.7. The molecule has 6 unspecified atom stereocenters. The second-order valence-corrected chi connectivity index (χ2v) is 12.5. The van der Waals surface area contributed by atoms with E-state index < -0.39 is 59.8 Å². The SMILES string of the molecule is CCCC/C=C\C/C=C\CCCCCCCCOCC(COC1OC(CO)C(O)C(OS(=O)(=O)O)C1O)OC(=O)CCCCC. The van der Waals surface area contributed by atoms with Crippen molar-refractivity contribution in [2.24, 2.45) is 0 Å². The number of ether oxygens (including phenoxy) is 4. The maximum absolute atomic E-state index is 12.4. The van der Waals surface area contributed by atoms with Gasteiger partial charge in [0.05, 0.1) is 19.8 Å². The molecule has 0 radical (unpaired) electrons. The van der Waals surface area contributed by atoms with Gasteiger partial charge in [0.2, 0.25) is 0 Å². The predicted octanol–water partition coefficient (Wildman–Crippen LogP) is 4.56. The molecule has 1 heterocycles. The molecule has 0 aromatic carbocycles. The number of aliphatic hydroxyl groups excluding tert-OH is 3. The summed E-state index contributed by atoms with van der Waals surface area (Å²) in [5.74, 6) is -0.430. The summed E-state index contributed by atoms with van der Waals surface area (Å²) in [6.45, 7) is 3.69. The lowest BCUT2D eigenvalue weighted by Gasteiger charge is -2.41. The van der Waals surface area contributed by atoms with E-state index in [9.17, 15) is 28.5 Å². The lowest BCUT2D eigenvalue weighted by Crippen LogP contribution is -2.60. The van der Waals surface area contributed by atoms with Gasteiger partial charge in [-0.1, -0.05) is 89.5 Å². The van der Waals surface area contributed by atoms with E-state index in [-0.39, 0.29) is 19.6 Å². The van der Waals surface area contributed by atoms with Crippen LogP contribution in [0.3, 0.4) is 0 Å². The molecule has 1 fully saturated rings. The van der Waals surface area contributed by atoms with Gasteiger partial charge in [-0.2, -0.15) is 8.42 Å². The summed E-state index contributed by atoms with van der Waals surface area (Å²) in [7, 11) is -5.04. The Morgan fingerprint density at radius 2 is 1.49 bits per heavy atom. The van der Waals surface area contributed by atoms with Crippen molar-refractivity contribution in [1.82, 2.24) is 0 Å². The van der Waals surface area contributed by atoms with E-state index >= 15 is 0 Å². The van der Waals surface area contributed by atoms with Gasteiger partial charge in [0, 0.05) is 13.0 Å². The van der Waals surface area contributed by atoms with Crippen molar-refractivity contribution in [3.8, 4) is 0 Å². The van der Waals surface area contributed by atoms with E-state index in [2.05, 4.69) is 35.4 Å². The average molecular weight is 667 g/mol. The second-order valence-electron chi connectivity index (χ2n) is 11.4. The first-order valence-corrected chi connectivity index (χ1v) is 18.0. The zero-order valence-corrected chi connectivity index (χ0v) is 28.0. The van der Waals surface area contributed by atoms with Crippen LogP contribution in [0.25, 0.3) is 0 Å². The molecule has 4 N–H and O–H groups in total. The highest BCUT2D eigenvalue weighted by Gasteiger charge is 2.48. The smallest absolute Gasteiger partial charge is 0.397 e. The third-order valence-electron chi connectivity index (χ3n) is 7.33. The minimum atomic E-state index is -5.04. The molecule has 13 heteroatoms. The van der Waals surface area contributed by atoms with Crippen LogP contribution in [0.15, 0.2) is 24.3 Å². The zero-order chi connectivity index (χ0) is 33.3. The summed E-state index contributed by atoms with van der Waals surface area (Å²) in [6, 6.07) is 0. The van der Waals surface area contributed by atoms with Gasteiger partial charge in [0.25, 0.3) is 0 Å². The van der Waals surface area contributed by atoms with Gasteiger partial charge in [0.1, 0.15) is 30.5 Å². The van der Waals surface area contributed by atoms with Crippen molar-refractivity contribution in [1.29, 1.82) is 0 Å². The molecule has 45 heavy (non-hydrogen) atoms. The van der Waals surface area contributed by atoms with E-state index in [4.69, 9.17) is 23.5 Å². The molecular formula is C32H58O12S.